The van der Waals surface area contributed by atoms with Gasteiger partial charge in [0.2, 0.25) is 0 Å². The van der Waals surface area contributed by atoms with Crippen LogP contribution in [0.4, 0.5) is 4.39 Å². The Kier molecular flexibility index (Phi) is 28.7. The molecule has 0 aromatic rings. The molecule has 26 heavy (non-hydrogen) atoms. The number of carboxylic acids is 2. The third-order valence-corrected chi connectivity index (χ3v) is 4.04. The van der Waals surface area contributed by atoms with Crippen molar-refractivity contribution in [1.29, 1.82) is 0 Å². The first kappa shape index (κ1) is 30.3. The number of rotatable bonds is 16. The molecule has 4 nitrogen and oxygen atoms in total. The Hall–Kier alpha value is -0.416. The van der Waals surface area contributed by atoms with Crippen LogP contribution >= 0.6 is 0 Å². The molecule has 2 N–H and O–H groups in total. The molecule has 0 rings (SSSR count). The second-order valence-corrected chi connectivity index (χ2v) is 7.10. The first-order valence-electron chi connectivity index (χ1n) is 9.89. The maximum absolute atomic E-state index is 10.5. The molecule has 0 aliphatic rings. The van der Waals surface area contributed by atoms with Gasteiger partial charge in [-0.3, -0.25) is 4.79 Å². The number of alkyl halides is 1. The van der Waals surface area contributed by atoms with Crippen molar-refractivity contribution in [2.24, 2.45) is 5.92 Å². The van der Waals surface area contributed by atoms with Crippen molar-refractivity contribution in [2.45, 2.75) is 104 Å². The van der Waals surface area contributed by atoms with Crippen molar-refractivity contribution in [3.63, 3.8) is 0 Å². The molecule has 0 aliphatic carbocycles. The zero-order valence-corrected chi connectivity index (χ0v) is 18.3. The molecule has 6 heteroatoms. The fourth-order valence-electron chi connectivity index (χ4n) is 2.60. The monoisotopic (exact) mass is 410 g/mol. The fraction of sp³-hybridized carbons (Fsp3) is 0.900. The van der Waals surface area contributed by atoms with E-state index in [0.717, 1.165) is 18.8 Å². The van der Waals surface area contributed by atoms with Crippen LogP contribution in [0.1, 0.15) is 104 Å². The number of hydrogen-bond donors (Lipinski definition) is 2. The van der Waals surface area contributed by atoms with Gasteiger partial charge in [0.05, 0.1) is 0 Å². The summed E-state index contributed by atoms with van der Waals surface area (Å²) in [6.07, 6.45) is 17.3. The topological polar surface area (TPSA) is 74.6 Å². The van der Waals surface area contributed by atoms with Gasteiger partial charge < -0.3 is 10.2 Å². The minimum atomic E-state index is -1.41. The summed E-state index contributed by atoms with van der Waals surface area (Å²) in [7, 11) is 0. The maximum Gasteiger partial charge on any atom is 0.335 e. The molecule has 0 bridgehead atoms. The van der Waals surface area contributed by atoms with Gasteiger partial charge >= 0.3 is 11.9 Å². The van der Waals surface area contributed by atoms with E-state index in [1.165, 1.54) is 70.6 Å². The Morgan fingerprint density at radius 3 is 1.27 bits per heavy atom. The third kappa shape index (κ3) is 34.8. The first-order chi connectivity index (χ1) is 11.9. The average Bonchev–Trinajstić information content (AvgIpc) is 2.55. The Labute approximate surface area is 174 Å². The van der Waals surface area contributed by atoms with E-state index in [4.69, 9.17) is 15.0 Å². The van der Waals surface area contributed by atoms with Crippen LogP contribution in [0.15, 0.2) is 0 Å². The molecule has 0 fully saturated rings. The molecule has 0 amide bonds. The molecule has 0 atom stereocenters. The van der Waals surface area contributed by atoms with Crippen LogP contribution in [0.5, 0.6) is 0 Å². The predicted molar refractivity (Wildman–Crippen MR) is 101 cm³/mol. The minimum absolute atomic E-state index is 0. The first-order valence-corrected chi connectivity index (χ1v) is 9.89. The summed E-state index contributed by atoms with van der Waals surface area (Å²) < 4.78 is 10.5. The molecule has 0 radical (unpaired) electrons. The van der Waals surface area contributed by atoms with E-state index in [1.807, 2.05) is 0 Å². The van der Waals surface area contributed by atoms with E-state index in [0.29, 0.717) is 6.42 Å². The summed E-state index contributed by atoms with van der Waals surface area (Å²) >= 11 is 0. The Morgan fingerprint density at radius 1 is 0.692 bits per heavy atom. The Morgan fingerprint density at radius 2 is 1.00 bits per heavy atom. The Balaban J connectivity index is -0.000000772. The van der Waals surface area contributed by atoms with Gasteiger partial charge in [-0.05, 0) is 12.3 Å². The van der Waals surface area contributed by atoms with Crippen LogP contribution in [-0.4, -0.2) is 28.8 Å². The molecule has 0 saturated heterocycles. The standard InChI is InChI=1S/C18H36O2.C2H3FO2.Ti/c1-17(2)15-13-11-9-7-5-3-4-6-8-10-12-14-16-18(19)20;3-1-2(4)5;/h17H,3-16H2,1-2H3,(H,19,20);1H2,(H,4,5);. The van der Waals surface area contributed by atoms with Crippen molar-refractivity contribution >= 4 is 11.9 Å². The van der Waals surface area contributed by atoms with E-state index < -0.39 is 18.6 Å². The van der Waals surface area contributed by atoms with E-state index in [-0.39, 0.29) is 21.7 Å². The predicted octanol–water partition coefficient (Wildman–Crippen LogP) is 6.23. The normalized spacial score (nSPS) is 10.0. The Bertz CT molecular complexity index is 312. The van der Waals surface area contributed by atoms with Gasteiger partial charge in [0.25, 0.3) is 0 Å². The van der Waals surface area contributed by atoms with Gasteiger partial charge in [-0.1, -0.05) is 90.9 Å². The van der Waals surface area contributed by atoms with E-state index in [9.17, 15) is 9.18 Å². The molecule has 0 unspecified atom stereocenters. The number of carbonyl (C=O) groups is 2. The molecule has 154 valence electrons. The van der Waals surface area contributed by atoms with Gasteiger partial charge in [0, 0.05) is 28.1 Å². The van der Waals surface area contributed by atoms with Gasteiger partial charge in [0.15, 0.2) is 6.67 Å². The van der Waals surface area contributed by atoms with Crippen molar-refractivity contribution in [2.75, 3.05) is 6.67 Å². The van der Waals surface area contributed by atoms with E-state index in [2.05, 4.69) is 13.8 Å². The van der Waals surface area contributed by atoms with Crippen molar-refractivity contribution in [3.8, 4) is 0 Å². The van der Waals surface area contributed by atoms with Gasteiger partial charge in [-0.2, -0.15) is 0 Å². The fourth-order valence-corrected chi connectivity index (χ4v) is 2.60. The molecule has 0 aromatic carbocycles. The van der Waals surface area contributed by atoms with Crippen LogP contribution in [0.25, 0.3) is 0 Å². The van der Waals surface area contributed by atoms with Crippen LogP contribution < -0.4 is 0 Å². The summed E-state index contributed by atoms with van der Waals surface area (Å²) in [5.74, 6) is -1.20. The number of hydrogen-bond acceptors (Lipinski definition) is 2. The molecule has 0 aliphatic heterocycles. The molecular formula is C20H39FO4Ti. The summed E-state index contributed by atoms with van der Waals surface area (Å²) in [5, 5.41) is 15.9. The van der Waals surface area contributed by atoms with Gasteiger partial charge in [0.1, 0.15) is 0 Å². The van der Waals surface area contributed by atoms with E-state index >= 15 is 0 Å². The number of unbranched alkanes of at least 4 members (excludes halogenated alkanes) is 11. The number of halogens is 1. The van der Waals surface area contributed by atoms with Gasteiger partial charge in [-0.15, -0.1) is 0 Å². The zero-order valence-electron chi connectivity index (χ0n) is 16.8. The van der Waals surface area contributed by atoms with Crippen LogP contribution in [0, 0.1) is 5.92 Å². The second-order valence-electron chi connectivity index (χ2n) is 7.10. The van der Waals surface area contributed by atoms with Crippen molar-refractivity contribution < 1.29 is 45.9 Å². The molecule has 0 saturated carbocycles. The van der Waals surface area contributed by atoms with Crippen LogP contribution in [-0.2, 0) is 31.3 Å². The largest absolute Gasteiger partial charge is 0.481 e. The average molecular weight is 410 g/mol. The maximum atomic E-state index is 10.5. The SMILES string of the molecule is CC(C)CCCCCCCCCCCCCCC(=O)O.O=C(O)CF.[Ti]. The molecule has 0 heterocycles. The van der Waals surface area contributed by atoms with Crippen molar-refractivity contribution in [3.05, 3.63) is 0 Å². The van der Waals surface area contributed by atoms with Crippen LogP contribution in [0.3, 0.4) is 0 Å². The van der Waals surface area contributed by atoms with Crippen LogP contribution in [0.2, 0.25) is 0 Å². The van der Waals surface area contributed by atoms with Crippen molar-refractivity contribution in [1.82, 2.24) is 0 Å². The van der Waals surface area contributed by atoms with Gasteiger partial charge in [-0.25, -0.2) is 9.18 Å². The smallest absolute Gasteiger partial charge is 0.335 e. The zero-order chi connectivity index (χ0) is 19.3. The summed E-state index contributed by atoms with van der Waals surface area (Å²) in [6, 6.07) is 0. The minimum Gasteiger partial charge on any atom is -0.481 e. The molecule has 0 aromatic heterocycles. The third-order valence-electron chi connectivity index (χ3n) is 4.04. The summed E-state index contributed by atoms with van der Waals surface area (Å²) in [4.78, 5) is 19.3. The quantitative estimate of drug-likeness (QED) is 0.234. The second kappa shape index (κ2) is 24.6. The van der Waals surface area contributed by atoms with E-state index in [1.54, 1.807) is 0 Å². The summed E-state index contributed by atoms with van der Waals surface area (Å²) in [6.45, 7) is 3.34. The molecular weight excluding hydrogens is 371 g/mol. The number of carboxylic acid groups (broad SMARTS) is 2. The summed E-state index contributed by atoms with van der Waals surface area (Å²) in [5.41, 5.74) is 0. The molecule has 0 spiro atoms. The number of aliphatic carboxylic acids is 2.